The van der Waals surface area contributed by atoms with Crippen LogP contribution in [0.1, 0.15) is 48.2 Å². The Bertz CT molecular complexity index is 1200. The van der Waals surface area contributed by atoms with Crippen LogP contribution in [0.2, 0.25) is 0 Å². The third kappa shape index (κ3) is 4.10. The minimum atomic E-state index is -3.56. The second-order valence-electron chi connectivity index (χ2n) is 7.99. The highest BCUT2D eigenvalue weighted by atomic mass is 32.2. The molecule has 0 aromatic heterocycles. The molecule has 0 heterocycles. The Hall–Kier alpha value is -2.70. The monoisotopic (exact) mass is 436 g/mol. The first-order valence-corrected chi connectivity index (χ1v) is 12.3. The molecule has 0 fully saturated rings. The lowest BCUT2D eigenvalue weighted by atomic mass is 10.0. The van der Waals surface area contributed by atoms with Gasteiger partial charge < -0.3 is 5.32 Å². The Morgan fingerprint density at radius 1 is 0.903 bits per heavy atom. The molecule has 5 nitrogen and oxygen atoms in total. The molecule has 6 heteroatoms. The van der Waals surface area contributed by atoms with E-state index in [0.717, 1.165) is 36.8 Å². The Kier molecular flexibility index (Phi) is 6.12. The van der Waals surface area contributed by atoms with Crippen molar-refractivity contribution in [2.45, 2.75) is 44.4 Å². The number of amides is 1. The van der Waals surface area contributed by atoms with Crippen LogP contribution in [0.5, 0.6) is 0 Å². The van der Waals surface area contributed by atoms with Crippen molar-refractivity contribution in [1.29, 1.82) is 0 Å². The van der Waals surface area contributed by atoms with Gasteiger partial charge in [-0.2, -0.15) is 4.31 Å². The molecule has 0 saturated carbocycles. The number of nitrogens with zero attached hydrogens (tertiary/aromatic N) is 1. The zero-order valence-electron chi connectivity index (χ0n) is 18.0. The van der Waals surface area contributed by atoms with Gasteiger partial charge in [0.05, 0.1) is 4.90 Å². The average molecular weight is 437 g/mol. The molecule has 1 aliphatic rings. The summed E-state index contributed by atoms with van der Waals surface area (Å²) < 4.78 is 27.4. The number of rotatable bonds is 8. The Morgan fingerprint density at radius 3 is 2.19 bits per heavy atom. The lowest BCUT2D eigenvalue weighted by Crippen LogP contribution is -2.32. The Balaban J connectivity index is 1.57. The van der Waals surface area contributed by atoms with Crippen LogP contribution in [0.25, 0.3) is 10.8 Å². The number of sulfonamides is 1. The lowest BCUT2D eigenvalue weighted by Gasteiger charge is -2.21. The van der Waals surface area contributed by atoms with Gasteiger partial charge in [-0.05, 0) is 72.5 Å². The van der Waals surface area contributed by atoms with E-state index in [2.05, 4.69) is 17.4 Å². The van der Waals surface area contributed by atoms with Gasteiger partial charge in [0.15, 0.2) is 0 Å². The predicted molar refractivity (Wildman–Crippen MR) is 125 cm³/mol. The summed E-state index contributed by atoms with van der Waals surface area (Å²) in [6.07, 6.45) is 3.59. The van der Waals surface area contributed by atoms with Crippen LogP contribution in [-0.4, -0.2) is 31.7 Å². The lowest BCUT2D eigenvalue weighted by molar-refractivity contribution is 0.102. The molecule has 162 valence electrons. The van der Waals surface area contributed by atoms with Crippen molar-refractivity contribution in [1.82, 2.24) is 4.31 Å². The van der Waals surface area contributed by atoms with Gasteiger partial charge in [0.25, 0.3) is 5.91 Å². The quantitative estimate of drug-likeness (QED) is 0.540. The minimum Gasteiger partial charge on any atom is -0.321 e. The molecule has 0 saturated heterocycles. The van der Waals surface area contributed by atoms with E-state index >= 15 is 0 Å². The number of hydrogen-bond donors (Lipinski definition) is 1. The fraction of sp³-hybridized carbons (Fsp3) is 0.320. The van der Waals surface area contributed by atoms with Gasteiger partial charge in [-0.25, -0.2) is 8.42 Å². The van der Waals surface area contributed by atoms with Crippen LogP contribution in [0.3, 0.4) is 0 Å². The summed E-state index contributed by atoms with van der Waals surface area (Å²) in [5.74, 6) is -0.248. The van der Waals surface area contributed by atoms with Crippen LogP contribution < -0.4 is 5.32 Å². The summed E-state index contributed by atoms with van der Waals surface area (Å²) in [5.41, 5.74) is 3.85. The third-order valence-electron chi connectivity index (χ3n) is 5.83. The number of benzene rings is 3. The highest BCUT2D eigenvalue weighted by molar-refractivity contribution is 7.89. The molecule has 0 aliphatic heterocycles. The van der Waals surface area contributed by atoms with Crippen LogP contribution in [0.4, 0.5) is 5.69 Å². The fourth-order valence-corrected chi connectivity index (χ4v) is 5.95. The van der Waals surface area contributed by atoms with Gasteiger partial charge in [0.2, 0.25) is 10.0 Å². The highest BCUT2D eigenvalue weighted by Crippen LogP contribution is 2.35. The first-order valence-electron chi connectivity index (χ1n) is 10.9. The summed E-state index contributed by atoms with van der Waals surface area (Å²) in [6, 6.07) is 16.5. The summed E-state index contributed by atoms with van der Waals surface area (Å²) in [4.78, 5) is 13.1. The maximum absolute atomic E-state index is 12.9. The molecule has 0 atom stereocenters. The molecule has 4 rings (SSSR count). The summed E-state index contributed by atoms with van der Waals surface area (Å²) in [7, 11) is -3.56. The van der Waals surface area contributed by atoms with Gasteiger partial charge in [-0.1, -0.05) is 38.1 Å². The van der Waals surface area contributed by atoms with Crippen LogP contribution in [0, 0.1) is 0 Å². The van der Waals surface area contributed by atoms with Crippen molar-refractivity contribution in [3.63, 3.8) is 0 Å². The zero-order chi connectivity index (χ0) is 22.0. The van der Waals surface area contributed by atoms with Gasteiger partial charge in [-0.3, -0.25) is 4.79 Å². The largest absolute Gasteiger partial charge is 0.321 e. The fourth-order valence-electron chi connectivity index (χ4n) is 4.33. The maximum atomic E-state index is 12.9. The van der Waals surface area contributed by atoms with Crippen molar-refractivity contribution in [2.75, 3.05) is 18.4 Å². The maximum Gasteiger partial charge on any atom is 0.255 e. The second kappa shape index (κ2) is 8.81. The normalized spacial score (nSPS) is 13.1. The Morgan fingerprint density at radius 2 is 1.55 bits per heavy atom. The molecule has 1 aliphatic carbocycles. The van der Waals surface area contributed by atoms with Crippen molar-refractivity contribution < 1.29 is 13.2 Å². The minimum absolute atomic E-state index is 0.219. The average Bonchev–Trinajstić information content (AvgIpc) is 3.20. The number of carbonyl (C=O) groups excluding carboxylic acids is 1. The summed E-state index contributed by atoms with van der Waals surface area (Å²) in [6.45, 7) is 4.91. The zero-order valence-corrected chi connectivity index (χ0v) is 18.8. The number of nitrogens with one attached hydrogen (secondary N) is 1. The molecule has 31 heavy (non-hydrogen) atoms. The molecule has 3 aromatic rings. The van der Waals surface area contributed by atoms with E-state index in [1.165, 1.54) is 33.0 Å². The van der Waals surface area contributed by atoms with E-state index < -0.39 is 10.0 Å². The third-order valence-corrected chi connectivity index (χ3v) is 7.74. The van der Waals surface area contributed by atoms with E-state index in [1.54, 1.807) is 12.1 Å². The molecule has 1 N–H and O–H groups in total. The second-order valence-corrected chi connectivity index (χ2v) is 9.93. The van der Waals surface area contributed by atoms with E-state index in [1.807, 2.05) is 32.0 Å². The van der Waals surface area contributed by atoms with E-state index in [0.29, 0.717) is 18.7 Å². The SMILES string of the molecule is CCCN(CCC)S(=O)(=O)c1ccc(C(=O)Nc2ccc3c4c(cccc24)CC3)cc1. The van der Waals surface area contributed by atoms with Crippen molar-refractivity contribution in [3.05, 3.63) is 71.3 Å². The molecule has 1 amide bonds. The number of hydrogen-bond acceptors (Lipinski definition) is 3. The molecule has 0 radical (unpaired) electrons. The van der Waals surface area contributed by atoms with Gasteiger partial charge in [0.1, 0.15) is 0 Å². The smallest absolute Gasteiger partial charge is 0.255 e. The van der Waals surface area contributed by atoms with E-state index in [9.17, 15) is 13.2 Å². The summed E-state index contributed by atoms with van der Waals surface area (Å²) >= 11 is 0. The van der Waals surface area contributed by atoms with Gasteiger partial charge in [0, 0.05) is 29.7 Å². The van der Waals surface area contributed by atoms with Crippen molar-refractivity contribution >= 4 is 32.4 Å². The molecular weight excluding hydrogens is 408 g/mol. The molecule has 0 unspecified atom stereocenters. The first kappa shape index (κ1) is 21.5. The van der Waals surface area contributed by atoms with Gasteiger partial charge in [-0.15, -0.1) is 0 Å². The first-order chi connectivity index (χ1) is 15.0. The molecule has 3 aromatic carbocycles. The van der Waals surface area contributed by atoms with Crippen molar-refractivity contribution in [2.24, 2.45) is 0 Å². The summed E-state index contributed by atoms with van der Waals surface area (Å²) in [5, 5.41) is 5.30. The number of carbonyl (C=O) groups is 1. The van der Waals surface area contributed by atoms with E-state index in [-0.39, 0.29) is 10.8 Å². The highest BCUT2D eigenvalue weighted by Gasteiger charge is 2.23. The topological polar surface area (TPSA) is 66.5 Å². The van der Waals surface area contributed by atoms with Crippen molar-refractivity contribution in [3.8, 4) is 0 Å². The number of aryl methyl sites for hydroxylation is 2. The van der Waals surface area contributed by atoms with E-state index in [4.69, 9.17) is 0 Å². The molecule has 0 bridgehead atoms. The molecular formula is C25H28N2O3S. The Labute approximate surface area is 184 Å². The van der Waals surface area contributed by atoms with Crippen LogP contribution in [0.15, 0.2) is 59.5 Å². The van der Waals surface area contributed by atoms with Crippen LogP contribution >= 0.6 is 0 Å². The molecule has 0 spiro atoms. The van der Waals surface area contributed by atoms with Gasteiger partial charge >= 0.3 is 0 Å². The predicted octanol–water partition coefficient (Wildman–Crippen LogP) is 5.00. The van der Waals surface area contributed by atoms with Crippen LogP contribution in [-0.2, 0) is 22.9 Å². The standard InChI is InChI=1S/C25H28N2O3S/c1-3-16-27(17-4-2)31(29,30)21-13-10-20(11-14-21)25(28)26-23-15-12-19-9-8-18-6-5-7-22(23)24(18)19/h5-7,10-15H,3-4,8-9,16-17H2,1-2H3,(H,26,28). The number of anilines is 1.